The third kappa shape index (κ3) is 0.851. The van der Waals surface area contributed by atoms with E-state index in [1.807, 2.05) is 0 Å². The van der Waals surface area contributed by atoms with Crippen molar-refractivity contribution in [3.8, 4) is 5.88 Å². The first-order valence-corrected chi connectivity index (χ1v) is 3.47. The lowest BCUT2D eigenvalue weighted by Gasteiger charge is -1.95. The van der Waals surface area contributed by atoms with Crippen LogP contribution in [-0.4, -0.2) is 14.5 Å². The van der Waals surface area contributed by atoms with E-state index >= 15 is 0 Å². The van der Waals surface area contributed by atoms with Crippen LogP contribution in [0.5, 0.6) is 5.88 Å². The number of aromatic nitrogens is 2. The smallest absolute Gasteiger partial charge is 0.196 e. The highest BCUT2D eigenvalue weighted by Crippen LogP contribution is 2.19. The van der Waals surface area contributed by atoms with Crippen LogP contribution >= 0.6 is 11.6 Å². The standard InChI is InChI=1S/C7H5ClN2O/c8-7-5-2-1-3-6(11)10(5)4-9-7/h1-4,11H. The van der Waals surface area contributed by atoms with E-state index in [1.54, 1.807) is 18.2 Å². The normalized spacial score (nSPS) is 10.6. The fourth-order valence-electron chi connectivity index (χ4n) is 0.973. The van der Waals surface area contributed by atoms with Gasteiger partial charge in [0.2, 0.25) is 0 Å². The van der Waals surface area contributed by atoms with Gasteiger partial charge in [-0.25, -0.2) is 4.98 Å². The molecule has 56 valence electrons. The molecule has 0 saturated carbocycles. The summed E-state index contributed by atoms with van der Waals surface area (Å²) in [5.74, 6) is 0.141. The number of hydrogen-bond acceptors (Lipinski definition) is 2. The predicted molar refractivity (Wildman–Crippen MR) is 41.9 cm³/mol. The molecule has 4 heteroatoms. The molecular formula is C7H5ClN2O. The average Bonchev–Trinajstić information content (AvgIpc) is 2.35. The van der Waals surface area contributed by atoms with Crippen LogP contribution in [0.4, 0.5) is 0 Å². The summed E-state index contributed by atoms with van der Waals surface area (Å²) in [4.78, 5) is 3.82. The molecule has 0 amide bonds. The van der Waals surface area contributed by atoms with Crippen molar-refractivity contribution in [3.05, 3.63) is 29.7 Å². The number of rotatable bonds is 0. The minimum absolute atomic E-state index is 0.141. The van der Waals surface area contributed by atoms with Gasteiger partial charge in [-0.05, 0) is 12.1 Å². The molecule has 2 heterocycles. The SMILES string of the molecule is Oc1cccc2c(Cl)ncn12. The second-order valence-electron chi connectivity index (χ2n) is 2.17. The molecule has 0 fully saturated rings. The van der Waals surface area contributed by atoms with Crippen LogP contribution in [0, 0.1) is 0 Å². The number of fused-ring (bicyclic) bond motifs is 1. The second kappa shape index (κ2) is 2.13. The zero-order valence-corrected chi connectivity index (χ0v) is 6.28. The highest BCUT2D eigenvalue weighted by Gasteiger charge is 2.01. The lowest BCUT2D eigenvalue weighted by molar-refractivity contribution is 0.446. The van der Waals surface area contributed by atoms with Gasteiger partial charge in [0.1, 0.15) is 6.33 Å². The average molecular weight is 169 g/mol. The third-order valence-electron chi connectivity index (χ3n) is 1.50. The number of aromatic hydroxyl groups is 1. The lowest BCUT2D eigenvalue weighted by atomic mass is 10.4. The van der Waals surface area contributed by atoms with Crippen molar-refractivity contribution in [1.82, 2.24) is 9.38 Å². The van der Waals surface area contributed by atoms with Crippen LogP contribution in [0.25, 0.3) is 5.52 Å². The molecular weight excluding hydrogens is 164 g/mol. The number of hydrogen-bond donors (Lipinski definition) is 1. The van der Waals surface area contributed by atoms with E-state index in [2.05, 4.69) is 4.98 Å². The zero-order chi connectivity index (χ0) is 7.84. The van der Waals surface area contributed by atoms with Crippen LogP contribution in [0.15, 0.2) is 24.5 Å². The first-order valence-electron chi connectivity index (χ1n) is 3.09. The van der Waals surface area contributed by atoms with Gasteiger partial charge < -0.3 is 5.11 Å². The molecule has 0 aliphatic carbocycles. The Morgan fingerprint density at radius 1 is 1.45 bits per heavy atom. The third-order valence-corrected chi connectivity index (χ3v) is 1.79. The van der Waals surface area contributed by atoms with Gasteiger partial charge in [0.25, 0.3) is 0 Å². The van der Waals surface area contributed by atoms with Gasteiger partial charge in [0, 0.05) is 0 Å². The monoisotopic (exact) mass is 168 g/mol. The van der Waals surface area contributed by atoms with Crippen LogP contribution in [-0.2, 0) is 0 Å². The van der Waals surface area contributed by atoms with E-state index in [4.69, 9.17) is 11.6 Å². The Hall–Kier alpha value is -1.22. The summed E-state index contributed by atoms with van der Waals surface area (Å²) < 4.78 is 1.52. The van der Waals surface area contributed by atoms with E-state index in [1.165, 1.54) is 10.7 Å². The van der Waals surface area contributed by atoms with Gasteiger partial charge in [0.15, 0.2) is 11.0 Å². The van der Waals surface area contributed by atoms with Crippen molar-refractivity contribution >= 4 is 17.1 Å². The topological polar surface area (TPSA) is 37.5 Å². The molecule has 0 saturated heterocycles. The van der Waals surface area contributed by atoms with Gasteiger partial charge in [-0.15, -0.1) is 0 Å². The Morgan fingerprint density at radius 3 is 3.00 bits per heavy atom. The first-order chi connectivity index (χ1) is 5.29. The molecule has 0 radical (unpaired) electrons. The van der Waals surface area contributed by atoms with Crippen molar-refractivity contribution in [3.63, 3.8) is 0 Å². The Kier molecular flexibility index (Phi) is 1.26. The highest BCUT2D eigenvalue weighted by atomic mass is 35.5. The van der Waals surface area contributed by atoms with Crippen LogP contribution in [0.2, 0.25) is 5.15 Å². The highest BCUT2D eigenvalue weighted by molar-refractivity contribution is 6.32. The predicted octanol–water partition coefficient (Wildman–Crippen LogP) is 1.69. The van der Waals surface area contributed by atoms with Gasteiger partial charge in [0.05, 0.1) is 5.52 Å². The maximum atomic E-state index is 9.25. The molecule has 2 aromatic rings. The summed E-state index contributed by atoms with van der Waals surface area (Å²) in [7, 11) is 0. The molecule has 2 rings (SSSR count). The molecule has 1 N–H and O–H groups in total. The van der Waals surface area contributed by atoms with E-state index in [0.29, 0.717) is 10.7 Å². The summed E-state index contributed by atoms with van der Waals surface area (Å²) in [6.07, 6.45) is 1.48. The molecule has 0 unspecified atom stereocenters. The molecule has 0 aliphatic heterocycles. The summed E-state index contributed by atoms with van der Waals surface area (Å²) in [6.45, 7) is 0. The molecule has 0 aromatic carbocycles. The van der Waals surface area contributed by atoms with E-state index < -0.39 is 0 Å². The summed E-state index contributed by atoms with van der Waals surface area (Å²) in [5, 5.41) is 9.65. The zero-order valence-electron chi connectivity index (χ0n) is 5.53. The number of halogens is 1. The lowest BCUT2D eigenvalue weighted by Crippen LogP contribution is -1.80. The molecule has 0 aliphatic rings. The summed E-state index contributed by atoms with van der Waals surface area (Å²) in [6, 6.07) is 5.08. The van der Waals surface area contributed by atoms with Crippen molar-refractivity contribution in [2.45, 2.75) is 0 Å². The molecule has 0 atom stereocenters. The van der Waals surface area contributed by atoms with Crippen molar-refractivity contribution < 1.29 is 5.11 Å². The van der Waals surface area contributed by atoms with Crippen molar-refractivity contribution in [2.75, 3.05) is 0 Å². The molecule has 2 aromatic heterocycles. The van der Waals surface area contributed by atoms with Gasteiger partial charge in [-0.2, -0.15) is 0 Å². The van der Waals surface area contributed by atoms with E-state index in [0.717, 1.165) is 0 Å². The first kappa shape index (κ1) is 6.49. The quantitative estimate of drug-likeness (QED) is 0.650. The van der Waals surface area contributed by atoms with E-state index in [9.17, 15) is 5.11 Å². The second-order valence-corrected chi connectivity index (χ2v) is 2.53. The number of imidazole rings is 1. The summed E-state index contributed by atoms with van der Waals surface area (Å²) >= 11 is 5.70. The van der Waals surface area contributed by atoms with Gasteiger partial charge in [-0.3, -0.25) is 4.40 Å². The fourth-order valence-corrected chi connectivity index (χ4v) is 1.17. The Labute approximate surface area is 67.9 Å². The maximum absolute atomic E-state index is 9.25. The van der Waals surface area contributed by atoms with Gasteiger partial charge >= 0.3 is 0 Å². The molecule has 3 nitrogen and oxygen atoms in total. The number of nitrogens with zero attached hydrogens (tertiary/aromatic N) is 2. The molecule has 0 bridgehead atoms. The molecule has 0 spiro atoms. The Balaban J connectivity index is 2.94. The number of pyridine rings is 1. The minimum atomic E-state index is 0.141. The van der Waals surface area contributed by atoms with Crippen LogP contribution in [0.3, 0.4) is 0 Å². The molecule has 11 heavy (non-hydrogen) atoms. The maximum Gasteiger partial charge on any atom is 0.196 e. The van der Waals surface area contributed by atoms with Crippen molar-refractivity contribution in [1.29, 1.82) is 0 Å². The van der Waals surface area contributed by atoms with Crippen LogP contribution in [0.1, 0.15) is 0 Å². The largest absolute Gasteiger partial charge is 0.494 e. The Bertz CT molecular complexity index is 396. The fraction of sp³-hybridized carbons (Fsp3) is 0. The van der Waals surface area contributed by atoms with E-state index in [-0.39, 0.29) is 5.88 Å². The van der Waals surface area contributed by atoms with Crippen molar-refractivity contribution in [2.24, 2.45) is 0 Å². The Morgan fingerprint density at radius 2 is 2.27 bits per heavy atom. The van der Waals surface area contributed by atoms with Crippen LogP contribution < -0.4 is 0 Å². The summed E-state index contributed by atoms with van der Waals surface area (Å²) in [5.41, 5.74) is 0.715. The minimum Gasteiger partial charge on any atom is -0.494 e. The van der Waals surface area contributed by atoms with Gasteiger partial charge in [-0.1, -0.05) is 17.7 Å².